The fourth-order valence-corrected chi connectivity index (χ4v) is 1.50. The third-order valence-corrected chi connectivity index (χ3v) is 3.00. The molecule has 5 atom stereocenters. The summed E-state index contributed by atoms with van der Waals surface area (Å²) in [7, 11) is 2.59. The lowest BCUT2D eigenvalue weighted by Crippen LogP contribution is -2.60. The second kappa shape index (κ2) is 1.94. The van der Waals surface area contributed by atoms with E-state index in [0.29, 0.717) is 11.6 Å². The van der Waals surface area contributed by atoms with Gasteiger partial charge in [-0.3, -0.25) is 0 Å². The van der Waals surface area contributed by atoms with Crippen molar-refractivity contribution in [1.82, 2.24) is 0 Å². The molecule has 3 heteroatoms. The molecule has 0 saturated heterocycles. The SMILES string of the molecule is CC1C(N)C(O)C1P. The number of hydrogen-bond acceptors (Lipinski definition) is 2. The molecule has 0 aromatic rings. The van der Waals surface area contributed by atoms with Gasteiger partial charge in [-0.15, -0.1) is 9.24 Å². The molecule has 1 saturated carbocycles. The second-order valence-electron chi connectivity index (χ2n) is 2.50. The molecule has 0 aromatic heterocycles. The Balaban J connectivity index is 2.42. The predicted octanol–water partition coefficient (Wildman–Crippen LogP) is -0.432. The van der Waals surface area contributed by atoms with Gasteiger partial charge < -0.3 is 10.8 Å². The molecule has 0 spiro atoms. The molecule has 0 radical (unpaired) electrons. The summed E-state index contributed by atoms with van der Waals surface area (Å²) in [5.41, 5.74) is 5.82. The molecule has 0 aliphatic heterocycles. The molecule has 3 N–H and O–H groups in total. The zero-order valence-electron chi connectivity index (χ0n) is 4.91. The van der Waals surface area contributed by atoms with E-state index in [1.807, 2.05) is 0 Å². The number of aliphatic hydroxyl groups is 1. The Morgan fingerprint density at radius 3 is 2.25 bits per heavy atom. The first kappa shape index (κ1) is 6.47. The van der Waals surface area contributed by atoms with E-state index >= 15 is 0 Å². The van der Waals surface area contributed by atoms with Crippen LogP contribution in [0.15, 0.2) is 0 Å². The molecule has 8 heavy (non-hydrogen) atoms. The maximum Gasteiger partial charge on any atom is 0.0759 e. The Morgan fingerprint density at radius 2 is 2.12 bits per heavy atom. The highest BCUT2D eigenvalue weighted by Gasteiger charge is 2.41. The van der Waals surface area contributed by atoms with Crippen molar-refractivity contribution in [2.45, 2.75) is 24.7 Å². The van der Waals surface area contributed by atoms with Crippen molar-refractivity contribution >= 4 is 9.24 Å². The van der Waals surface area contributed by atoms with Crippen molar-refractivity contribution in [2.75, 3.05) is 0 Å². The summed E-state index contributed by atoms with van der Waals surface area (Å²) in [5.74, 6) is 0.468. The molecule has 1 rings (SSSR count). The van der Waals surface area contributed by atoms with Gasteiger partial charge in [-0.2, -0.15) is 0 Å². The van der Waals surface area contributed by atoms with Crippen LogP contribution >= 0.6 is 9.24 Å². The first-order valence-electron chi connectivity index (χ1n) is 2.84. The molecule has 1 aliphatic rings. The average molecular weight is 133 g/mol. The van der Waals surface area contributed by atoms with E-state index in [-0.39, 0.29) is 12.1 Å². The fourth-order valence-electron chi connectivity index (χ4n) is 0.990. The second-order valence-corrected chi connectivity index (χ2v) is 3.27. The average Bonchev–Trinajstić information content (AvgIpc) is 1.83. The van der Waals surface area contributed by atoms with Crippen molar-refractivity contribution in [3.63, 3.8) is 0 Å². The largest absolute Gasteiger partial charge is 0.391 e. The smallest absolute Gasteiger partial charge is 0.0759 e. The molecule has 1 aliphatic carbocycles. The summed E-state index contributed by atoms with van der Waals surface area (Å²) in [4.78, 5) is 0. The van der Waals surface area contributed by atoms with Gasteiger partial charge in [0.15, 0.2) is 0 Å². The molecule has 1 fully saturated rings. The van der Waals surface area contributed by atoms with Crippen molar-refractivity contribution in [2.24, 2.45) is 11.7 Å². The van der Waals surface area contributed by atoms with Gasteiger partial charge in [0, 0.05) is 11.7 Å². The van der Waals surface area contributed by atoms with E-state index in [4.69, 9.17) is 10.8 Å². The van der Waals surface area contributed by atoms with Crippen LogP contribution in [-0.2, 0) is 0 Å². The van der Waals surface area contributed by atoms with E-state index in [2.05, 4.69) is 16.2 Å². The molecule has 0 amide bonds. The maximum absolute atomic E-state index is 9.01. The van der Waals surface area contributed by atoms with E-state index in [9.17, 15) is 0 Å². The standard InChI is InChI=1S/C5H12NOP/c1-2-3(6)4(7)5(2)8/h2-5,7H,6,8H2,1H3. The highest BCUT2D eigenvalue weighted by atomic mass is 31.0. The van der Waals surface area contributed by atoms with Crippen LogP contribution in [0.25, 0.3) is 0 Å². The minimum Gasteiger partial charge on any atom is -0.391 e. The molecule has 0 heterocycles. The summed E-state index contributed by atoms with van der Waals surface area (Å²) in [6, 6.07) is 0.0116. The molecule has 48 valence electrons. The highest BCUT2D eigenvalue weighted by Crippen LogP contribution is 2.32. The zero-order chi connectivity index (χ0) is 6.31. The quantitative estimate of drug-likeness (QED) is 0.440. The maximum atomic E-state index is 9.01. The van der Waals surface area contributed by atoms with E-state index in [1.54, 1.807) is 0 Å². The number of hydrogen-bond donors (Lipinski definition) is 2. The zero-order valence-corrected chi connectivity index (χ0v) is 6.07. The Kier molecular flexibility index (Phi) is 1.57. The summed E-state index contributed by atoms with van der Waals surface area (Å²) >= 11 is 0. The Labute approximate surface area is 51.7 Å². The normalized spacial score (nSPS) is 55.5. The topological polar surface area (TPSA) is 46.2 Å². The van der Waals surface area contributed by atoms with Gasteiger partial charge in [-0.05, 0) is 5.92 Å². The van der Waals surface area contributed by atoms with Crippen molar-refractivity contribution in [1.29, 1.82) is 0 Å². The summed E-state index contributed by atoms with van der Waals surface area (Å²) in [6.07, 6.45) is -0.282. The van der Waals surface area contributed by atoms with Gasteiger partial charge in [-0.25, -0.2) is 0 Å². The summed E-state index contributed by atoms with van der Waals surface area (Å²) in [6.45, 7) is 2.05. The van der Waals surface area contributed by atoms with Crippen LogP contribution in [0.2, 0.25) is 0 Å². The Bertz CT molecular complexity index is 66.4. The van der Waals surface area contributed by atoms with Gasteiger partial charge >= 0.3 is 0 Å². The summed E-state index contributed by atoms with van der Waals surface area (Å²) in [5, 5.41) is 9.01. The van der Waals surface area contributed by atoms with Crippen LogP contribution in [0.3, 0.4) is 0 Å². The third kappa shape index (κ3) is 0.680. The van der Waals surface area contributed by atoms with Crippen molar-refractivity contribution in [3.8, 4) is 0 Å². The van der Waals surface area contributed by atoms with Crippen molar-refractivity contribution in [3.05, 3.63) is 0 Å². The van der Waals surface area contributed by atoms with Gasteiger partial charge in [0.05, 0.1) is 6.10 Å². The lowest BCUT2D eigenvalue weighted by atomic mass is 9.78. The van der Waals surface area contributed by atoms with Crippen molar-refractivity contribution < 1.29 is 5.11 Å². The first-order chi connectivity index (χ1) is 3.64. The molecular formula is C5H12NOP. The van der Waals surface area contributed by atoms with Crippen LogP contribution in [0.4, 0.5) is 0 Å². The number of aliphatic hydroxyl groups excluding tert-OH is 1. The van der Waals surface area contributed by atoms with Crippen LogP contribution in [-0.4, -0.2) is 22.9 Å². The first-order valence-corrected chi connectivity index (χ1v) is 3.50. The van der Waals surface area contributed by atoms with Gasteiger partial charge in [0.1, 0.15) is 0 Å². The minimum atomic E-state index is -0.282. The van der Waals surface area contributed by atoms with Crippen LogP contribution in [0, 0.1) is 5.92 Å². The lowest BCUT2D eigenvalue weighted by Gasteiger charge is -2.43. The van der Waals surface area contributed by atoms with Crippen LogP contribution < -0.4 is 5.73 Å². The fraction of sp³-hybridized carbons (Fsp3) is 1.00. The lowest BCUT2D eigenvalue weighted by molar-refractivity contribution is 0.0327. The van der Waals surface area contributed by atoms with Crippen LogP contribution in [0.1, 0.15) is 6.92 Å². The number of nitrogens with two attached hydrogens (primary N) is 1. The van der Waals surface area contributed by atoms with E-state index < -0.39 is 0 Å². The highest BCUT2D eigenvalue weighted by molar-refractivity contribution is 7.17. The molecular weight excluding hydrogens is 121 g/mol. The van der Waals surface area contributed by atoms with E-state index in [0.717, 1.165) is 0 Å². The summed E-state index contributed by atoms with van der Waals surface area (Å²) < 4.78 is 0. The van der Waals surface area contributed by atoms with Gasteiger partial charge in [0.25, 0.3) is 0 Å². The van der Waals surface area contributed by atoms with Crippen LogP contribution in [0.5, 0.6) is 0 Å². The Hall–Kier alpha value is 0.350. The predicted molar refractivity (Wildman–Crippen MR) is 36.6 cm³/mol. The molecule has 5 unspecified atom stereocenters. The Morgan fingerprint density at radius 1 is 1.62 bits per heavy atom. The minimum absolute atomic E-state index is 0.0116. The molecule has 2 nitrogen and oxygen atoms in total. The number of rotatable bonds is 0. The third-order valence-electron chi connectivity index (χ3n) is 2.00. The molecule has 0 bridgehead atoms. The molecule has 0 aromatic carbocycles. The van der Waals surface area contributed by atoms with Gasteiger partial charge in [0.2, 0.25) is 0 Å². The van der Waals surface area contributed by atoms with Gasteiger partial charge in [-0.1, -0.05) is 6.92 Å². The monoisotopic (exact) mass is 133 g/mol. The van der Waals surface area contributed by atoms with E-state index in [1.165, 1.54) is 0 Å².